The van der Waals surface area contributed by atoms with Gasteiger partial charge in [0.1, 0.15) is 5.69 Å². The number of H-pyrrole nitrogens is 1. The number of hydrogen-bond acceptors (Lipinski definition) is 3. The van der Waals surface area contributed by atoms with Crippen molar-refractivity contribution in [2.45, 2.75) is 5.56 Å². The van der Waals surface area contributed by atoms with E-state index in [1.54, 1.807) is 0 Å². The molecule has 72 valence electrons. The summed E-state index contributed by atoms with van der Waals surface area (Å²) >= 11 is 5.79. The summed E-state index contributed by atoms with van der Waals surface area (Å²) < 4.78 is 4.60. The second kappa shape index (κ2) is 3.67. The fourth-order valence-electron chi connectivity index (χ4n) is 1.27. The summed E-state index contributed by atoms with van der Waals surface area (Å²) in [5.74, 6) is 0. The van der Waals surface area contributed by atoms with Crippen LogP contribution in [0.3, 0.4) is 0 Å². The lowest BCUT2D eigenvalue weighted by atomic mass is 10.2. The quantitative estimate of drug-likeness (QED) is 0.623. The van der Waals surface area contributed by atoms with E-state index in [-0.39, 0.29) is 0 Å². The number of aromatic nitrogens is 2. The first-order valence-corrected chi connectivity index (χ1v) is 4.42. The first-order valence-electron chi connectivity index (χ1n) is 3.99. The van der Waals surface area contributed by atoms with Gasteiger partial charge in [0.2, 0.25) is 5.56 Å². The van der Waals surface area contributed by atoms with Crippen LogP contribution in [0.4, 0.5) is 0 Å². The van der Waals surface area contributed by atoms with Crippen molar-refractivity contribution in [1.82, 2.24) is 10.2 Å². The zero-order valence-electron chi connectivity index (χ0n) is 7.11. The summed E-state index contributed by atoms with van der Waals surface area (Å²) in [6.45, 7) is 0.307. The van der Waals surface area contributed by atoms with Crippen LogP contribution in [-0.4, -0.2) is 16.7 Å². The van der Waals surface area contributed by atoms with Crippen LogP contribution >= 0.6 is 11.6 Å². The molecule has 1 heterocycles. The number of alkyl halides is 1. The smallest absolute Gasteiger partial charge is 0.294 e. The van der Waals surface area contributed by atoms with Crippen LogP contribution < -0.4 is 0 Å². The minimum atomic E-state index is -0.844. The Balaban J connectivity index is 2.47. The largest absolute Gasteiger partial charge is 0.442 e. The van der Waals surface area contributed by atoms with E-state index in [4.69, 9.17) is 11.6 Å². The number of ether oxygens (including phenoxy) is 1. The van der Waals surface area contributed by atoms with Gasteiger partial charge in [-0.1, -0.05) is 29.8 Å². The molecule has 0 spiro atoms. The average molecular weight is 211 g/mol. The molecule has 0 saturated heterocycles. The molecule has 0 fully saturated rings. The monoisotopic (exact) mass is 210 g/mol. The third kappa shape index (κ3) is 1.44. The van der Waals surface area contributed by atoms with Crippen LogP contribution in [-0.2, 0) is 9.53 Å². The van der Waals surface area contributed by atoms with Crippen molar-refractivity contribution in [2.24, 2.45) is 0 Å². The summed E-state index contributed by atoms with van der Waals surface area (Å²) in [5.41, 5.74) is 0.542. The molecule has 1 unspecified atom stereocenters. The predicted molar refractivity (Wildman–Crippen MR) is 51.8 cm³/mol. The minimum Gasteiger partial charge on any atom is -0.442 e. The van der Waals surface area contributed by atoms with E-state index < -0.39 is 5.56 Å². The van der Waals surface area contributed by atoms with Gasteiger partial charge < -0.3 is 4.74 Å². The topological polar surface area (TPSA) is 55.0 Å². The van der Waals surface area contributed by atoms with Crippen LogP contribution in [0.2, 0.25) is 0 Å². The molecule has 1 aromatic heterocycles. The number of hydrogen-bond donors (Lipinski definition) is 1. The van der Waals surface area contributed by atoms with Crippen LogP contribution in [0.5, 0.6) is 0 Å². The number of fused-ring (bicyclic) bond motifs is 1. The zero-order chi connectivity index (χ0) is 9.97. The fraction of sp³-hybridized carbons (Fsp3) is 0.111. The van der Waals surface area contributed by atoms with E-state index in [0.29, 0.717) is 12.2 Å². The number of carbonyl (C=O) groups is 1. The molecule has 1 N–H and O–H groups in total. The number of para-hydroxylation sites is 1. The highest BCUT2D eigenvalue weighted by Gasteiger charge is 2.14. The summed E-state index contributed by atoms with van der Waals surface area (Å²) in [4.78, 5) is 10.1. The van der Waals surface area contributed by atoms with Gasteiger partial charge in [-0.05, 0) is 6.07 Å². The van der Waals surface area contributed by atoms with Gasteiger partial charge in [-0.15, -0.1) is 0 Å². The van der Waals surface area contributed by atoms with Crippen LogP contribution in [0, 0.1) is 0 Å². The molecular weight excluding hydrogens is 204 g/mol. The highest BCUT2D eigenvalue weighted by atomic mass is 35.5. The van der Waals surface area contributed by atoms with Gasteiger partial charge in [-0.3, -0.25) is 9.89 Å². The van der Waals surface area contributed by atoms with Gasteiger partial charge in [0.25, 0.3) is 6.47 Å². The van der Waals surface area contributed by atoms with Crippen molar-refractivity contribution in [2.75, 3.05) is 0 Å². The van der Waals surface area contributed by atoms with E-state index in [9.17, 15) is 4.79 Å². The van der Waals surface area contributed by atoms with Gasteiger partial charge in [-0.25, -0.2) is 0 Å². The minimum absolute atomic E-state index is 0.307. The summed E-state index contributed by atoms with van der Waals surface area (Å²) in [7, 11) is 0. The number of rotatable bonds is 3. The van der Waals surface area contributed by atoms with Gasteiger partial charge in [0, 0.05) is 5.39 Å². The second-order valence-electron chi connectivity index (χ2n) is 2.70. The number of aromatic amines is 1. The van der Waals surface area contributed by atoms with Crippen molar-refractivity contribution in [3.05, 3.63) is 30.0 Å². The van der Waals surface area contributed by atoms with Crippen molar-refractivity contribution in [3.63, 3.8) is 0 Å². The van der Waals surface area contributed by atoms with E-state index in [1.165, 1.54) is 0 Å². The Labute approximate surface area is 84.8 Å². The molecule has 0 radical (unpaired) electrons. The molecule has 1 aromatic carbocycles. The Morgan fingerprint density at radius 2 is 2.29 bits per heavy atom. The Morgan fingerprint density at radius 1 is 1.50 bits per heavy atom. The molecule has 14 heavy (non-hydrogen) atoms. The fourth-order valence-corrected chi connectivity index (χ4v) is 1.48. The third-order valence-electron chi connectivity index (χ3n) is 1.89. The maximum absolute atomic E-state index is 10.1. The SMILES string of the molecule is O=COC(Cl)c1n[nH]c2ccccc12. The summed E-state index contributed by atoms with van der Waals surface area (Å²) in [6, 6.07) is 7.48. The van der Waals surface area contributed by atoms with E-state index in [2.05, 4.69) is 14.9 Å². The average Bonchev–Trinajstić information content (AvgIpc) is 2.61. The maximum atomic E-state index is 10.1. The maximum Gasteiger partial charge on any atom is 0.294 e. The van der Waals surface area contributed by atoms with Crippen molar-refractivity contribution in [1.29, 1.82) is 0 Å². The number of benzene rings is 1. The number of nitrogens with one attached hydrogen (secondary N) is 1. The molecule has 2 aromatic rings. The molecule has 2 rings (SSSR count). The highest BCUT2D eigenvalue weighted by molar-refractivity contribution is 6.20. The Kier molecular flexibility index (Phi) is 2.37. The lowest BCUT2D eigenvalue weighted by molar-refractivity contribution is -0.130. The standard InChI is InChI=1S/C9H7ClN2O2/c10-9(14-5-13)8-6-3-1-2-4-7(6)11-12-8/h1-5,9H,(H,11,12). The highest BCUT2D eigenvalue weighted by Crippen LogP contribution is 2.26. The Bertz CT molecular complexity index is 455. The molecule has 0 aliphatic carbocycles. The normalized spacial score (nSPS) is 12.6. The first kappa shape index (κ1) is 9.02. The van der Waals surface area contributed by atoms with E-state index in [1.807, 2.05) is 24.3 Å². The van der Waals surface area contributed by atoms with Gasteiger partial charge in [0.15, 0.2) is 0 Å². The number of carbonyl (C=O) groups excluding carboxylic acids is 1. The molecule has 0 saturated carbocycles. The van der Waals surface area contributed by atoms with Gasteiger partial charge in [-0.2, -0.15) is 5.10 Å². The lowest BCUT2D eigenvalue weighted by Crippen LogP contribution is -1.96. The molecule has 1 atom stereocenters. The number of nitrogens with zero attached hydrogens (tertiary/aromatic N) is 1. The zero-order valence-corrected chi connectivity index (χ0v) is 7.86. The molecule has 0 aliphatic rings. The molecule has 5 heteroatoms. The molecule has 0 bridgehead atoms. The first-order chi connectivity index (χ1) is 6.83. The molecule has 0 amide bonds. The molecule has 4 nitrogen and oxygen atoms in total. The summed E-state index contributed by atoms with van der Waals surface area (Å²) in [5, 5.41) is 7.63. The third-order valence-corrected chi connectivity index (χ3v) is 2.20. The Hall–Kier alpha value is -1.55. The van der Waals surface area contributed by atoms with Crippen molar-refractivity contribution in [3.8, 4) is 0 Å². The van der Waals surface area contributed by atoms with Crippen molar-refractivity contribution >= 4 is 29.0 Å². The van der Waals surface area contributed by atoms with Crippen LogP contribution in [0.15, 0.2) is 24.3 Å². The predicted octanol–water partition coefficient (Wildman–Crippen LogP) is 1.97. The van der Waals surface area contributed by atoms with Crippen LogP contribution in [0.25, 0.3) is 10.9 Å². The Morgan fingerprint density at radius 3 is 3.07 bits per heavy atom. The van der Waals surface area contributed by atoms with E-state index in [0.717, 1.165) is 10.9 Å². The van der Waals surface area contributed by atoms with Crippen molar-refractivity contribution < 1.29 is 9.53 Å². The van der Waals surface area contributed by atoms with Crippen LogP contribution in [0.1, 0.15) is 11.3 Å². The molecular formula is C9H7ClN2O2. The van der Waals surface area contributed by atoms with E-state index >= 15 is 0 Å². The second-order valence-corrected chi connectivity index (χ2v) is 3.10. The van der Waals surface area contributed by atoms with Gasteiger partial charge in [0.05, 0.1) is 5.52 Å². The summed E-state index contributed by atoms with van der Waals surface area (Å²) in [6.07, 6.45) is 0. The molecule has 0 aliphatic heterocycles. The lowest BCUT2D eigenvalue weighted by Gasteiger charge is -2.02. The van der Waals surface area contributed by atoms with Gasteiger partial charge >= 0.3 is 0 Å². The number of halogens is 1.